The van der Waals surface area contributed by atoms with Crippen LogP contribution in [0.4, 0.5) is 11.6 Å². The topological polar surface area (TPSA) is 67.3 Å². The van der Waals surface area contributed by atoms with Gasteiger partial charge in [-0.1, -0.05) is 30.0 Å². The Morgan fingerprint density at radius 2 is 1.92 bits per heavy atom. The number of anilines is 2. The van der Waals surface area contributed by atoms with Crippen LogP contribution in [0.15, 0.2) is 48.7 Å². The van der Waals surface area contributed by atoms with E-state index in [4.69, 9.17) is 4.74 Å². The van der Waals surface area contributed by atoms with E-state index in [-0.39, 0.29) is 0 Å². The molecule has 0 aliphatic carbocycles. The number of nitrogens with zero attached hydrogens (tertiary/aromatic N) is 2. The molecule has 2 aromatic carbocycles. The van der Waals surface area contributed by atoms with E-state index in [1.165, 1.54) is 0 Å². The van der Waals surface area contributed by atoms with Crippen LogP contribution in [0, 0.1) is 11.8 Å². The molecule has 0 amide bonds. The fourth-order valence-electron chi connectivity index (χ4n) is 2.28. The summed E-state index contributed by atoms with van der Waals surface area (Å²) in [6, 6.07) is 13.4. The van der Waals surface area contributed by atoms with Crippen molar-refractivity contribution in [1.82, 2.24) is 9.97 Å². The summed E-state index contributed by atoms with van der Waals surface area (Å²) in [6.45, 7) is 3.28. The Bertz CT molecular complexity index is 952. The molecule has 5 heteroatoms. The Kier molecular flexibility index (Phi) is 4.55. The van der Waals surface area contributed by atoms with Crippen molar-refractivity contribution in [3.63, 3.8) is 0 Å². The predicted octanol–water partition coefficient (Wildman–Crippen LogP) is 3.50. The molecule has 126 valence electrons. The molecule has 0 atom stereocenters. The monoisotopic (exact) mass is 333 g/mol. The van der Waals surface area contributed by atoms with Gasteiger partial charge in [0.05, 0.1) is 7.11 Å². The lowest BCUT2D eigenvalue weighted by molar-refractivity contribution is 0.143. The number of fused-ring (bicyclic) bond motifs is 1. The molecule has 1 heterocycles. The second-order valence-electron chi connectivity index (χ2n) is 6.11. The highest BCUT2D eigenvalue weighted by Gasteiger charge is 2.09. The van der Waals surface area contributed by atoms with Gasteiger partial charge in [0.25, 0.3) is 0 Å². The molecule has 0 unspecified atom stereocenters. The van der Waals surface area contributed by atoms with Crippen molar-refractivity contribution in [2.24, 2.45) is 0 Å². The van der Waals surface area contributed by atoms with Gasteiger partial charge in [0.15, 0.2) is 0 Å². The number of aromatic nitrogens is 2. The highest BCUT2D eigenvalue weighted by Crippen LogP contribution is 2.26. The van der Waals surface area contributed by atoms with Gasteiger partial charge in [-0.2, -0.15) is 0 Å². The molecule has 25 heavy (non-hydrogen) atoms. The number of nitrogens with one attached hydrogen (secondary N) is 1. The van der Waals surface area contributed by atoms with Crippen molar-refractivity contribution in [1.29, 1.82) is 0 Å². The average molecular weight is 333 g/mol. The number of methoxy groups -OCH3 is 1. The van der Waals surface area contributed by atoms with Gasteiger partial charge in [0.2, 0.25) is 5.95 Å². The van der Waals surface area contributed by atoms with Gasteiger partial charge in [-0.15, -0.1) is 0 Å². The molecule has 0 saturated heterocycles. The van der Waals surface area contributed by atoms with E-state index in [0.29, 0.717) is 17.2 Å². The Hall–Kier alpha value is -3.10. The maximum absolute atomic E-state index is 9.76. The van der Waals surface area contributed by atoms with E-state index < -0.39 is 5.60 Å². The SMILES string of the molecule is COc1cc(C#CC(C)(C)O)cc2cnc(Nc3ccccc3)nc12. The molecule has 1 aromatic heterocycles. The summed E-state index contributed by atoms with van der Waals surface area (Å²) in [6.07, 6.45) is 1.73. The van der Waals surface area contributed by atoms with Crippen LogP contribution < -0.4 is 10.1 Å². The van der Waals surface area contributed by atoms with E-state index >= 15 is 0 Å². The number of ether oxygens (including phenoxy) is 1. The second-order valence-corrected chi connectivity index (χ2v) is 6.11. The molecule has 0 bridgehead atoms. The fourth-order valence-corrected chi connectivity index (χ4v) is 2.28. The lowest BCUT2D eigenvalue weighted by Gasteiger charge is -2.09. The Morgan fingerprint density at radius 3 is 2.60 bits per heavy atom. The number of aliphatic hydroxyl groups is 1. The fraction of sp³-hybridized carbons (Fsp3) is 0.200. The van der Waals surface area contributed by atoms with E-state index in [1.54, 1.807) is 33.2 Å². The smallest absolute Gasteiger partial charge is 0.227 e. The quantitative estimate of drug-likeness (QED) is 0.718. The zero-order valence-electron chi connectivity index (χ0n) is 14.4. The van der Waals surface area contributed by atoms with Crippen molar-refractivity contribution >= 4 is 22.5 Å². The minimum absolute atomic E-state index is 0.493. The molecule has 0 aliphatic rings. The van der Waals surface area contributed by atoms with Crippen LogP contribution in [0.25, 0.3) is 10.9 Å². The first-order valence-electron chi connectivity index (χ1n) is 7.87. The highest BCUT2D eigenvalue weighted by molar-refractivity contribution is 5.86. The first-order chi connectivity index (χ1) is 11.9. The van der Waals surface area contributed by atoms with Gasteiger partial charge in [0, 0.05) is 22.8 Å². The van der Waals surface area contributed by atoms with Crippen molar-refractivity contribution in [2.45, 2.75) is 19.4 Å². The van der Waals surface area contributed by atoms with Crippen LogP contribution in [0.1, 0.15) is 19.4 Å². The first-order valence-corrected chi connectivity index (χ1v) is 7.87. The third-order valence-corrected chi connectivity index (χ3v) is 3.41. The number of benzene rings is 2. The van der Waals surface area contributed by atoms with Crippen LogP contribution in [-0.2, 0) is 0 Å². The number of hydrogen-bond acceptors (Lipinski definition) is 5. The number of hydrogen-bond donors (Lipinski definition) is 2. The lowest BCUT2D eigenvalue weighted by Crippen LogP contribution is -2.14. The second kappa shape index (κ2) is 6.80. The summed E-state index contributed by atoms with van der Waals surface area (Å²) >= 11 is 0. The maximum atomic E-state index is 9.76. The third kappa shape index (κ3) is 4.25. The standard InChI is InChI=1S/C20H19N3O2/c1-20(2,24)10-9-14-11-15-13-21-19(22-16-7-5-4-6-8-16)23-18(15)17(12-14)25-3/h4-8,11-13,24H,1-3H3,(H,21,22,23). The minimum atomic E-state index is -1.05. The molecule has 0 aliphatic heterocycles. The molecule has 3 aromatic rings. The van der Waals surface area contributed by atoms with E-state index in [1.807, 2.05) is 36.4 Å². The van der Waals surface area contributed by atoms with Gasteiger partial charge in [-0.05, 0) is 38.1 Å². The van der Waals surface area contributed by atoms with Crippen molar-refractivity contribution in [3.05, 3.63) is 54.2 Å². The van der Waals surface area contributed by atoms with Crippen molar-refractivity contribution < 1.29 is 9.84 Å². The first kappa shape index (κ1) is 16.7. The van der Waals surface area contributed by atoms with Crippen LogP contribution in [0.3, 0.4) is 0 Å². The largest absolute Gasteiger partial charge is 0.494 e. The summed E-state index contributed by atoms with van der Waals surface area (Å²) in [4.78, 5) is 8.90. The maximum Gasteiger partial charge on any atom is 0.227 e. The molecule has 0 saturated carbocycles. The zero-order chi connectivity index (χ0) is 17.9. The van der Waals surface area contributed by atoms with Gasteiger partial charge >= 0.3 is 0 Å². The average Bonchev–Trinajstić information content (AvgIpc) is 2.59. The van der Waals surface area contributed by atoms with Crippen LogP contribution in [-0.4, -0.2) is 27.8 Å². The molecule has 3 rings (SSSR count). The van der Waals surface area contributed by atoms with Gasteiger partial charge < -0.3 is 15.2 Å². The molecule has 2 N–H and O–H groups in total. The summed E-state index contributed by atoms with van der Waals surface area (Å²) < 4.78 is 5.46. The Morgan fingerprint density at radius 1 is 1.16 bits per heavy atom. The Labute approximate surface area is 146 Å². The highest BCUT2D eigenvalue weighted by atomic mass is 16.5. The lowest BCUT2D eigenvalue weighted by atomic mass is 10.1. The number of rotatable bonds is 3. The molecular formula is C20H19N3O2. The Balaban J connectivity index is 2.00. The molecule has 0 spiro atoms. The van der Waals surface area contributed by atoms with Crippen molar-refractivity contribution in [2.75, 3.05) is 12.4 Å². The van der Waals surface area contributed by atoms with E-state index in [9.17, 15) is 5.11 Å². The zero-order valence-corrected chi connectivity index (χ0v) is 14.4. The normalized spacial score (nSPS) is 10.9. The molecule has 0 fully saturated rings. The predicted molar refractivity (Wildman–Crippen MR) is 99.0 cm³/mol. The van der Waals surface area contributed by atoms with Crippen LogP contribution >= 0.6 is 0 Å². The summed E-state index contributed by atoms with van der Waals surface area (Å²) in [5.74, 6) is 6.85. The third-order valence-electron chi connectivity index (χ3n) is 3.41. The van der Waals surface area contributed by atoms with Crippen LogP contribution in [0.2, 0.25) is 0 Å². The summed E-state index contributed by atoms with van der Waals surface area (Å²) in [5, 5.41) is 13.7. The summed E-state index contributed by atoms with van der Waals surface area (Å²) in [7, 11) is 1.59. The number of para-hydroxylation sites is 1. The minimum Gasteiger partial charge on any atom is -0.494 e. The van der Waals surface area contributed by atoms with Gasteiger partial charge in [-0.3, -0.25) is 0 Å². The molecule has 0 radical (unpaired) electrons. The molecule has 5 nitrogen and oxygen atoms in total. The van der Waals surface area contributed by atoms with Gasteiger partial charge in [0.1, 0.15) is 16.9 Å². The van der Waals surface area contributed by atoms with Crippen LogP contribution in [0.5, 0.6) is 5.75 Å². The summed E-state index contributed by atoms with van der Waals surface area (Å²) in [5.41, 5.74) is 1.29. The van der Waals surface area contributed by atoms with Crippen molar-refractivity contribution in [3.8, 4) is 17.6 Å². The van der Waals surface area contributed by atoms with E-state index in [0.717, 1.165) is 16.6 Å². The van der Waals surface area contributed by atoms with Gasteiger partial charge in [-0.25, -0.2) is 9.97 Å². The van der Waals surface area contributed by atoms with E-state index in [2.05, 4.69) is 27.1 Å². The molecular weight excluding hydrogens is 314 g/mol.